The Labute approximate surface area is 306 Å². The fraction of sp³-hybridized carbons (Fsp3) is 0. The molecule has 0 radical (unpaired) electrons. The number of para-hydroxylation sites is 3. The highest BCUT2D eigenvalue weighted by molar-refractivity contribution is 6.10. The molecule has 0 spiro atoms. The van der Waals surface area contributed by atoms with Gasteiger partial charge in [-0.05, 0) is 77.4 Å². The zero-order chi connectivity index (χ0) is 36.1. The van der Waals surface area contributed by atoms with Crippen LogP contribution in [0.5, 0.6) is 0 Å². The summed E-state index contributed by atoms with van der Waals surface area (Å²) < 4.78 is 4.67. The van der Waals surface area contributed by atoms with Crippen molar-refractivity contribution < 1.29 is 9.90 Å². The summed E-state index contributed by atoms with van der Waals surface area (Å²) in [5, 5.41) is 22.6. The van der Waals surface area contributed by atoms with Gasteiger partial charge in [-0.25, -0.2) is 4.79 Å². The summed E-state index contributed by atoms with van der Waals surface area (Å²) in [5.41, 5.74) is 10.1. The van der Waals surface area contributed by atoms with Gasteiger partial charge >= 0.3 is 5.97 Å². The third-order valence-electron chi connectivity index (χ3n) is 9.43. The van der Waals surface area contributed by atoms with Crippen molar-refractivity contribution in [2.45, 2.75) is 0 Å². The summed E-state index contributed by atoms with van der Waals surface area (Å²) in [7, 11) is 0. The predicted molar refractivity (Wildman–Crippen MR) is 218 cm³/mol. The second-order valence-corrected chi connectivity index (χ2v) is 12.6. The van der Waals surface area contributed by atoms with Gasteiger partial charge in [-0.2, -0.15) is 5.26 Å². The van der Waals surface area contributed by atoms with Gasteiger partial charge in [-0.15, -0.1) is 0 Å². The molecule has 0 saturated heterocycles. The molecule has 0 saturated carbocycles. The van der Waals surface area contributed by atoms with Crippen LogP contribution in [0.4, 0.5) is 0 Å². The van der Waals surface area contributed by atoms with Gasteiger partial charge in [-0.3, -0.25) is 0 Å². The zero-order valence-corrected chi connectivity index (χ0v) is 28.7. The van der Waals surface area contributed by atoms with Gasteiger partial charge in [0.25, 0.3) is 0 Å². The molecule has 5 heteroatoms. The zero-order valence-electron chi connectivity index (χ0n) is 28.7. The molecule has 0 aliphatic carbocycles. The number of hydrogen-bond acceptors (Lipinski definition) is 2. The number of carboxylic acids is 1. The van der Waals surface area contributed by atoms with Crippen molar-refractivity contribution in [3.8, 4) is 28.6 Å². The Bertz CT molecular complexity index is 2800. The van der Waals surface area contributed by atoms with E-state index in [1.807, 2.05) is 24.3 Å². The lowest BCUT2D eigenvalue weighted by molar-refractivity contribution is -0.132. The number of aromatic nitrogens is 2. The van der Waals surface area contributed by atoms with Crippen LogP contribution in [0.1, 0.15) is 5.56 Å². The highest BCUT2D eigenvalue weighted by atomic mass is 16.4. The van der Waals surface area contributed by atoms with E-state index in [4.69, 9.17) is 10.4 Å². The predicted octanol–water partition coefficient (Wildman–Crippen LogP) is 11.8. The molecule has 0 amide bonds. The van der Waals surface area contributed by atoms with Gasteiger partial charge in [0.05, 0.1) is 22.1 Å². The summed E-state index contributed by atoms with van der Waals surface area (Å²) >= 11 is 0. The van der Waals surface area contributed by atoms with Crippen LogP contribution < -0.4 is 0 Å². The van der Waals surface area contributed by atoms with Gasteiger partial charge in [0.2, 0.25) is 0 Å². The first-order chi connectivity index (χ1) is 26.1. The Morgan fingerprint density at radius 3 is 1.43 bits per heavy atom. The number of allylic oxidation sites excluding steroid dienone is 8. The molecule has 0 bridgehead atoms. The minimum absolute atomic E-state index is 0.305. The molecule has 8 rings (SSSR count). The molecular weight excluding hydrogens is 651 g/mol. The van der Waals surface area contributed by atoms with E-state index in [0.717, 1.165) is 33.5 Å². The Balaban J connectivity index is 1.03. The van der Waals surface area contributed by atoms with Crippen LogP contribution in [0.2, 0.25) is 0 Å². The lowest BCUT2D eigenvalue weighted by Crippen LogP contribution is -1.96. The van der Waals surface area contributed by atoms with E-state index in [0.29, 0.717) is 0 Å². The molecule has 6 aromatic carbocycles. The number of carbonyl (C=O) groups is 1. The third-order valence-corrected chi connectivity index (χ3v) is 9.43. The molecule has 0 aliphatic rings. The van der Waals surface area contributed by atoms with Gasteiger partial charge in [0.1, 0.15) is 11.6 Å². The molecule has 0 atom stereocenters. The minimum atomic E-state index is -1.24. The standard InChI is InChI=1S/C48H33N3O2/c49-33-37(48(52)53)15-7-5-3-1-2-4-6-14-34-22-31-47-43(32-34)42-18-10-13-21-46(42)51(47)39-29-25-36(26-30-39)35-23-27-38(28-24-35)50-44-19-11-8-16-40(44)41-17-9-12-20-45(41)50/h1-32H,(H,52,53). The van der Waals surface area contributed by atoms with E-state index in [1.165, 1.54) is 50.3 Å². The first kappa shape index (κ1) is 32.8. The summed E-state index contributed by atoms with van der Waals surface area (Å²) in [4.78, 5) is 10.9. The number of nitrogens with zero attached hydrogens (tertiary/aromatic N) is 3. The highest BCUT2D eigenvalue weighted by Crippen LogP contribution is 2.35. The van der Waals surface area contributed by atoms with Crippen LogP contribution in [0, 0.1) is 11.3 Å². The molecule has 5 nitrogen and oxygen atoms in total. The van der Waals surface area contributed by atoms with E-state index in [2.05, 4.69) is 155 Å². The maximum absolute atomic E-state index is 10.9. The SMILES string of the molecule is N#CC(=CC=CC=CC=CC=Cc1ccc2c(c1)c1ccccc1n2-c1ccc(-c2ccc(-n3c4ccccc4c4ccccc43)cc2)cc1)C(=O)O. The van der Waals surface area contributed by atoms with Crippen LogP contribution in [-0.2, 0) is 4.79 Å². The van der Waals surface area contributed by atoms with Crippen molar-refractivity contribution in [2.75, 3.05) is 0 Å². The molecule has 0 fully saturated rings. The maximum atomic E-state index is 10.9. The van der Waals surface area contributed by atoms with E-state index in [1.54, 1.807) is 18.2 Å². The Kier molecular flexibility index (Phi) is 8.93. The van der Waals surface area contributed by atoms with E-state index in [9.17, 15) is 4.79 Å². The van der Waals surface area contributed by atoms with Gasteiger partial charge in [-0.1, -0.05) is 134 Å². The number of benzene rings is 6. The Hall–Kier alpha value is -7.42. The molecule has 0 unspecified atom stereocenters. The van der Waals surface area contributed by atoms with Gasteiger partial charge in [0.15, 0.2) is 0 Å². The minimum Gasteiger partial charge on any atom is -0.477 e. The van der Waals surface area contributed by atoms with E-state index >= 15 is 0 Å². The van der Waals surface area contributed by atoms with Crippen LogP contribution >= 0.6 is 0 Å². The third kappa shape index (κ3) is 6.38. The van der Waals surface area contributed by atoms with Crippen molar-refractivity contribution >= 4 is 55.7 Å². The number of rotatable bonds is 9. The smallest absolute Gasteiger partial charge is 0.346 e. The Morgan fingerprint density at radius 2 is 0.943 bits per heavy atom. The Morgan fingerprint density at radius 1 is 0.509 bits per heavy atom. The van der Waals surface area contributed by atoms with Crippen LogP contribution in [-0.4, -0.2) is 20.2 Å². The van der Waals surface area contributed by atoms with Crippen LogP contribution in [0.3, 0.4) is 0 Å². The number of carboxylic acid groups (broad SMARTS) is 1. The van der Waals surface area contributed by atoms with Gasteiger partial charge in [0, 0.05) is 32.9 Å². The number of aliphatic carboxylic acids is 1. The molecule has 2 aromatic heterocycles. The molecule has 252 valence electrons. The quantitative estimate of drug-likeness (QED) is 0.0935. The van der Waals surface area contributed by atoms with E-state index in [-0.39, 0.29) is 5.57 Å². The second-order valence-electron chi connectivity index (χ2n) is 12.6. The average Bonchev–Trinajstić information content (AvgIpc) is 3.71. The number of nitriles is 1. The fourth-order valence-electron chi connectivity index (χ4n) is 6.97. The summed E-state index contributed by atoms with van der Waals surface area (Å²) in [6.45, 7) is 0. The average molecular weight is 684 g/mol. The van der Waals surface area contributed by atoms with Crippen molar-refractivity contribution in [2.24, 2.45) is 0 Å². The van der Waals surface area contributed by atoms with Crippen LogP contribution in [0.25, 0.3) is 72.2 Å². The molecule has 1 N–H and O–H groups in total. The second kappa shape index (κ2) is 14.4. The van der Waals surface area contributed by atoms with E-state index < -0.39 is 5.97 Å². The largest absolute Gasteiger partial charge is 0.477 e. The van der Waals surface area contributed by atoms with Crippen molar-refractivity contribution in [3.63, 3.8) is 0 Å². The van der Waals surface area contributed by atoms with Crippen molar-refractivity contribution in [3.05, 3.63) is 199 Å². The normalized spacial score (nSPS) is 12.5. The summed E-state index contributed by atoms with van der Waals surface area (Å²) in [6.07, 6.45) is 16.0. The molecule has 2 heterocycles. The molecule has 53 heavy (non-hydrogen) atoms. The highest BCUT2D eigenvalue weighted by Gasteiger charge is 2.14. The lowest BCUT2D eigenvalue weighted by Gasteiger charge is -2.11. The maximum Gasteiger partial charge on any atom is 0.346 e. The fourth-order valence-corrected chi connectivity index (χ4v) is 6.97. The van der Waals surface area contributed by atoms with Gasteiger partial charge < -0.3 is 14.2 Å². The number of hydrogen-bond donors (Lipinski definition) is 1. The molecule has 8 aromatic rings. The van der Waals surface area contributed by atoms with Crippen molar-refractivity contribution in [1.29, 1.82) is 5.26 Å². The topological polar surface area (TPSA) is 71.0 Å². The molecular formula is C48H33N3O2. The monoisotopic (exact) mass is 683 g/mol. The molecule has 0 aliphatic heterocycles. The summed E-state index contributed by atoms with van der Waals surface area (Å²) in [5.74, 6) is -1.24. The van der Waals surface area contributed by atoms with Crippen molar-refractivity contribution in [1.82, 2.24) is 9.13 Å². The number of fused-ring (bicyclic) bond motifs is 6. The first-order valence-corrected chi connectivity index (χ1v) is 17.3. The summed E-state index contributed by atoms with van der Waals surface area (Å²) in [6, 6.07) is 51.6. The lowest BCUT2D eigenvalue weighted by atomic mass is 10.0. The van der Waals surface area contributed by atoms with Crippen LogP contribution in [0.15, 0.2) is 194 Å². The first-order valence-electron chi connectivity index (χ1n) is 17.3.